The number of pyridine rings is 9. The summed E-state index contributed by atoms with van der Waals surface area (Å²) in [5.41, 5.74) is 25.5. The van der Waals surface area contributed by atoms with E-state index in [0.29, 0.717) is 76.8 Å². The Morgan fingerprint density at radius 3 is 1.13 bits per heavy atom. The minimum Gasteiger partial charge on any atom is -0.506 e. The number of nitrogens with two attached hydrogens (primary N) is 2. The van der Waals surface area contributed by atoms with Crippen molar-refractivity contribution in [2.24, 2.45) is 0 Å². The average Bonchev–Trinajstić information content (AvgIpc) is 0.903. The SMILES string of the molecule is CC(C)c1ccc(CCCCO)cn1.CC(C)c1ccc(F)cn1.CC(C)c1ccc(N)cn1.CC(C)c1ccc(N)nc1.CC(C)c1ccc(O)cn1.CC(C)c1ccccn1.CC(C)c1cccnc1.CC(C)c1ccncc1.CC(C)c1ccncn1.CC(C)c1cncnc1.CC(C)c1ncccn1.COc1ccc(C(C)C)nc1. The van der Waals surface area contributed by atoms with Crippen LogP contribution in [0.3, 0.4) is 0 Å². The third-order valence-electron chi connectivity index (χ3n) is 17.0. The van der Waals surface area contributed by atoms with Gasteiger partial charge in [-0.1, -0.05) is 190 Å². The van der Waals surface area contributed by atoms with E-state index >= 15 is 0 Å². The molecule has 0 fully saturated rings. The van der Waals surface area contributed by atoms with Crippen LogP contribution in [0, 0.1) is 5.82 Å². The largest absolute Gasteiger partial charge is 0.506 e. The number of nitrogens with zero attached hydrogens (tertiary/aromatic N) is 15. The fourth-order valence-electron chi connectivity index (χ4n) is 9.25. The maximum Gasteiger partial charge on any atom is 0.141 e. The monoisotopic (exact) mass is 1620 g/mol. The van der Waals surface area contributed by atoms with Crippen LogP contribution in [0.4, 0.5) is 15.9 Å². The second kappa shape index (κ2) is 62.9. The summed E-state index contributed by atoms with van der Waals surface area (Å²) in [5.74, 6) is 8.32. The first-order chi connectivity index (χ1) is 56.6. The van der Waals surface area contributed by atoms with Crippen LogP contribution < -0.4 is 16.2 Å². The van der Waals surface area contributed by atoms with E-state index < -0.39 is 0 Å². The van der Waals surface area contributed by atoms with Gasteiger partial charge in [0.2, 0.25) is 0 Å². The molecule has 0 aliphatic rings. The molecule has 0 unspecified atom stereocenters. The summed E-state index contributed by atoms with van der Waals surface area (Å²) < 4.78 is 17.3. The second-order valence-corrected chi connectivity index (χ2v) is 31.4. The molecule has 0 atom stereocenters. The molecule has 0 saturated carbocycles. The molecular formula is C98H140FN17O3. The van der Waals surface area contributed by atoms with Crippen LogP contribution >= 0.6 is 0 Å². The lowest BCUT2D eigenvalue weighted by Crippen LogP contribution is -1.94. The minimum atomic E-state index is -0.274. The summed E-state index contributed by atoms with van der Waals surface area (Å²) in [6, 6.07) is 40.4. The Labute approximate surface area is 713 Å². The number of aryl methyl sites for hydroxylation is 1. The Kier molecular flexibility index (Phi) is 55.8. The van der Waals surface area contributed by atoms with Gasteiger partial charge < -0.3 is 26.4 Å². The van der Waals surface area contributed by atoms with Crippen molar-refractivity contribution in [2.75, 3.05) is 25.2 Å². The van der Waals surface area contributed by atoms with Gasteiger partial charge in [-0.05, 0) is 215 Å². The van der Waals surface area contributed by atoms with Gasteiger partial charge in [-0.15, -0.1) is 0 Å². The van der Waals surface area contributed by atoms with Crippen molar-refractivity contribution >= 4 is 11.5 Å². The predicted octanol–water partition coefficient (Wildman–Crippen LogP) is 24.0. The van der Waals surface area contributed by atoms with Gasteiger partial charge in [-0.2, -0.15) is 0 Å². The van der Waals surface area contributed by atoms with E-state index in [4.69, 9.17) is 26.4 Å². The number of methoxy groups -OCH3 is 1. The summed E-state index contributed by atoms with van der Waals surface area (Å²) in [5, 5.41) is 17.5. The van der Waals surface area contributed by atoms with Crippen LogP contribution in [-0.2, 0) is 6.42 Å². The van der Waals surface area contributed by atoms with Gasteiger partial charge in [-0.25, -0.2) is 39.3 Å². The summed E-state index contributed by atoms with van der Waals surface area (Å²) in [7, 11) is 1.64. The fraction of sp³-hybridized carbons (Fsp3) is 0.418. The lowest BCUT2D eigenvalue weighted by Gasteiger charge is -2.05. The molecule has 0 spiro atoms. The van der Waals surface area contributed by atoms with Crippen molar-refractivity contribution in [2.45, 2.75) is 256 Å². The lowest BCUT2D eigenvalue weighted by atomic mass is 10.1. The van der Waals surface area contributed by atoms with Crippen LogP contribution in [-0.4, -0.2) is 98.7 Å². The zero-order chi connectivity index (χ0) is 89.0. The van der Waals surface area contributed by atoms with Crippen LogP contribution in [0.1, 0.15) is 324 Å². The Hall–Kier alpha value is -11.3. The van der Waals surface area contributed by atoms with Crippen molar-refractivity contribution < 1.29 is 19.3 Å². The molecule has 6 N–H and O–H groups in total. The molecule has 12 aromatic heterocycles. The minimum absolute atomic E-state index is 0.226. The van der Waals surface area contributed by atoms with Crippen molar-refractivity contribution in [1.29, 1.82) is 0 Å². The molecule has 119 heavy (non-hydrogen) atoms. The first-order valence-electron chi connectivity index (χ1n) is 41.3. The van der Waals surface area contributed by atoms with Crippen LogP contribution in [0.5, 0.6) is 11.5 Å². The van der Waals surface area contributed by atoms with Crippen LogP contribution in [0.25, 0.3) is 0 Å². The van der Waals surface area contributed by atoms with Crippen molar-refractivity contribution in [3.05, 3.63) is 319 Å². The number of aromatic nitrogens is 15. The maximum absolute atomic E-state index is 12.3. The standard InChI is InChI=1S/C12H19NO.C9H13NO.C8H10FN.2C8H12N2.C8H11NO.3C8H11N.3C7H10N2/c1-10(2)12-7-6-11(9-13-12)5-3-4-8-14;1-7(2)9-5-4-8(11-3)6-10-9;2*1-6(2)8-4-3-7(9)5-10-8;1-6(2)7-3-4-8(9)10-5-7;1-6(2)8-4-3-7(10)5-9-8;1-7(2)8-3-5-9-6-4-8;1-7(2)8-4-3-5-9-6-8;1-7(2)8-5-3-4-6-9-8;1-6(2)7-3-8-5-9-4-7;1-6(2)7-3-4-8-5-9-7;1-6(2)7-8-4-3-5-9-7/h6-7,9-10,14H,3-5,8H2,1-2H3;4-7H,1-3H3;3-6H,1-2H3;3-6H,9H2,1-2H3;3-6H,1-2H3,(H2,9,10);3-6,10H,1-2H3;3*3-7H,1-2H3;3*3-6H,1-2H3. The number of rotatable bonds is 17. The summed E-state index contributed by atoms with van der Waals surface area (Å²) in [6.45, 7) is 51.1. The molecule has 12 aromatic rings. The van der Waals surface area contributed by atoms with E-state index in [-0.39, 0.29) is 18.2 Å². The van der Waals surface area contributed by atoms with Gasteiger partial charge in [0, 0.05) is 127 Å². The molecule has 0 saturated heterocycles. The molecule has 0 amide bonds. The highest BCUT2D eigenvalue weighted by Gasteiger charge is 2.06. The smallest absolute Gasteiger partial charge is 0.141 e. The first kappa shape index (κ1) is 106. The Morgan fingerprint density at radius 1 is 0.311 bits per heavy atom. The number of anilines is 2. The zero-order valence-electron chi connectivity index (χ0n) is 75.8. The van der Waals surface area contributed by atoms with Gasteiger partial charge in [0.25, 0.3) is 0 Å². The van der Waals surface area contributed by atoms with E-state index in [0.717, 1.165) is 76.4 Å². The summed E-state index contributed by atoms with van der Waals surface area (Å²) in [6.07, 6.45) is 34.2. The highest BCUT2D eigenvalue weighted by molar-refractivity contribution is 5.35. The van der Waals surface area contributed by atoms with Gasteiger partial charge in [0.15, 0.2) is 0 Å². The molecule has 0 aliphatic heterocycles. The molecular weight excluding hydrogens is 1480 g/mol. The average molecular weight is 1620 g/mol. The highest BCUT2D eigenvalue weighted by atomic mass is 19.1. The number of nitrogen functional groups attached to an aromatic ring is 2. The maximum atomic E-state index is 12.3. The highest BCUT2D eigenvalue weighted by Crippen LogP contribution is 2.20. The second-order valence-electron chi connectivity index (χ2n) is 31.4. The molecule has 0 aliphatic carbocycles. The Bertz CT molecular complexity index is 3800. The lowest BCUT2D eigenvalue weighted by molar-refractivity contribution is 0.284. The topological polar surface area (TPSA) is 295 Å². The van der Waals surface area contributed by atoms with Crippen LogP contribution in [0.15, 0.2) is 239 Å². The van der Waals surface area contributed by atoms with Crippen molar-refractivity contribution in [1.82, 2.24) is 74.8 Å². The van der Waals surface area contributed by atoms with Crippen molar-refractivity contribution in [3.8, 4) is 11.5 Å². The van der Waals surface area contributed by atoms with Gasteiger partial charge in [0.1, 0.15) is 41.6 Å². The Morgan fingerprint density at radius 2 is 0.782 bits per heavy atom. The third kappa shape index (κ3) is 50.8. The number of aromatic hydroxyl groups is 1. The van der Waals surface area contributed by atoms with E-state index in [2.05, 4.69) is 245 Å². The van der Waals surface area contributed by atoms with E-state index in [1.165, 1.54) is 46.3 Å². The van der Waals surface area contributed by atoms with Gasteiger partial charge in [-0.3, -0.25) is 39.9 Å². The molecule has 0 aromatic carbocycles. The Balaban J connectivity index is 0.000000650. The zero-order valence-corrected chi connectivity index (χ0v) is 75.8. The quantitative estimate of drug-likeness (QED) is 0.0616. The number of halogens is 1. The molecule has 20 nitrogen and oxygen atoms in total. The number of aliphatic hydroxyl groups excluding tert-OH is 1. The normalized spacial score (nSPS) is 10.3. The first-order valence-corrected chi connectivity index (χ1v) is 41.3. The van der Waals surface area contributed by atoms with Gasteiger partial charge in [0.05, 0.1) is 37.6 Å². The molecule has 0 bridgehead atoms. The van der Waals surface area contributed by atoms with E-state index in [1.807, 2.05) is 154 Å². The number of hydrogen-bond donors (Lipinski definition) is 4. The molecule has 0 radical (unpaired) electrons. The number of unbranched alkanes of at least 4 members (excludes halogenated alkanes) is 1. The number of aliphatic hydroxyl groups is 1. The van der Waals surface area contributed by atoms with Gasteiger partial charge >= 0.3 is 0 Å². The summed E-state index contributed by atoms with van der Waals surface area (Å²) in [4.78, 5) is 60.6. The molecule has 12 heterocycles. The third-order valence-corrected chi connectivity index (χ3v) is 17.0. The van der Waals surface area contributed by atoms with Crippen molar-refractivity contribution in [3.63, 3.8) is 0 Å². The van der Waals surface area contributed by atoms with E-state index in [1.54, 1.807) is 69.1 Å². The fourth-order valence-corrected chi connectivity index (χ4v) is 9.25. The molecule has 12 rings (SSSR count). The predicted molar refractivity (Wildman–Crippen MR) is 490 cm³/mol. The van der Waals surface area contributed by atoms with E-state index in [9.17, 15) is 4.39 Å². The number of ether oxygens (including phenoxy) is 1. The summed E-state index contributed by atoms with van der Waals surface area (Å²) >= 11 is 0. The molecule has 642 valence electrons. The number of hydrogen-bond acceptors (Lipinski definition) is 20. The molecule has 21 heteroatoms. The van der Waals surface area contributed by atoms with Crippen LogP contribution in [0.2, 0.25) is 0 Å².